The largest absolute Gasteiger partial charge is 0.492 e. The lowest BCUT2D eigenvalue weighted by atomic mass is 10.1. The van der Waals surface area contributed by atoms with E-state index < -0.39 is 10.0 Å². The van der Waals surface area contributed by atoms with Crippen LogP contribution in [-0.2, 0) is 10.0 Å². The van der Waals surface area contributed by atoms with Crippen molar-refractivity contribution in [2.75, 3.05) is 62.4 Å². The smallest absolute Gasteiger partial charge is 0.266 e. The zero-order valence-corrected chi connectivity index (χ0v) is 23.7. The highest BCUT2D eigenvalue weighted by molar-refractivity contribution is 7.93. The molecule has 2 aromatic carbocycles. The Morgan fingerprint density at radius 2 is 1.87 bits per heavy atom. The first-order valence-corrected chi connectivity index (χ1v) is 14.4. The number of amides is 1. The standard InChI is InChI=1S/C28H34N6O4S/c1-6-38-25-15-19(28(35)34-14-13-20(18-34)31(2)3)11-12-21(25)30-27-16-23-24(17-29-27)33(5)39(36,37)26-10-8-7-9-22(26)32(23)4/h7-12,15-17,20H,6,13-14,18H2,1-5H3,(H,29,30)/t20-/m1/s1. The van der Waals surface area contributed by atoms with Crippen molar-refractivity contribution in [1.29, 1.82) is 0 Å². The molecule has 0 spiro atoms. The molecule has 1 atom stereocenters. The average Bonchev–Trinajstić information content (AvgIpc) is 3.42. The number of anilines is 5. The summed E-state index contributed by atoms with van der Waals surface area (Å²) in [7, 11) is 3.70. The Kier molecular flexibility index (Phi) is 7.13. The number of carbonyl (C=O) groups is 1. The van der Waals surface area contributed by atoms with Crippen LogP contribution in [-0.4, -0.2) is 83.0 Å². The highest BCUT2D eigenvalue weighted by Crippen LogP contribution is 2.43. The van der Waals surface area contributed by atoms with E-state index in [2.05, 4.69) is 15.2 Å². The number of likely N-dealkylation sites (tertiary alicyclic amines) is 1. The minimum absolute atomic E-state index is 0.0143. The summed E-state index contributed by atoms with van der Waals surface area (Å²) < 4.78 is 33.7. The lowest BCUT2D eigenvalue weighted by Crippen LogP contribution is -2.34. The van der Waals surface area contributed by atoms with E-state index >= 15 is 0 Å². The number of hydrogen-bond acceptors (Lipinski definition) is 8. The van der Waals surface area contributed by atoms with Crippen LogP contribution in [0.3, 0.4) is 0 Å². The maximum Gasteiger partial charge on any atom is 0.266 e. The molecule has 5 rings (SSSR count). The minimum Gasteiger partial charge on any atom is -0.492 e. The maximum absolute atomic E-state index is 13.3. The first-order chi connectivity index (χ1) is 18.6. The number of pyridine rings is 1. The minimum atomic E-state index is -3.75. The number of fused-ring (bicyclic) bond motifs is 2. The van der Waals surface area contributed by atoms with E-state index in [9.17, 15) is 13.2 Å². The van der Waals surface area contributed by atoms with E-state index in [4.69, 9.17) is 4.74 Å². The summed E-state index contributed by atoms with van der Waals surface area (Å²) in [6.07, 6.45) is 2.50. The van der Waals surface area contributed by atoms with Gasteiger partial charge in [-0.05, 0) is 57.8 Å². The Labute approximate surface area is 229 Å². The van der Waals surface area contributed by atoms with Crippen molar-refractivity contribution in [2.45, 2.75) is 24.3 Å². The summed E-state index contributed by atoms with van der Waals surface area (Å²) in [4.78, 5) is 23.8. The SMILES string of the molecule is CCOc1cc(C(=O)N2CC[C@@H](N(C)C)C2)ccc1Nc1cc2c(cn1)N(C)S(=O)(=O)c1ccccc1N2C. The predicted octanol–water partition coefficient (Wildman–Crippen LogP) is 3.91. The summed E-state index contributed by atoms with van der Waals surface area (Å²) in [5, 5.41) is 3.30. The quantitative estimate of drug-likeness (QED) is 0.494. The zero-order valence-electron chi connectivity index (χ0n) is 22.9. The molecule has 0 saturated carbocycles. The van der Waals surface area contributed by atoms with E-state index in [0.717, 1.165) is 13.0 Å². The third-order valence-corrected chi connectivity index (χ3v) is 9.22. The van der Waals surface area contributed by atoms with Crippen LogP contribution in [0.5, 0.6) is 5.75 Å². The second kappa shape index (κ2) is 10.4. The number of ether oxygens (including phenoxy) is 1. The summed E-state index contributed by atoms with van der Waals surface area (Å²) in [5.74, 6) is 1.04. The lowest BCUT2D eigenvalue weighted by molar-refractivity contribution is 0.0782. The first kappa shape index (κ1) is 26.8. The molecule has 0 bridgehead atoms. The van der Waals surface area contributed by atoms with Gasteiger partial charge in [-0.25, -0.2) is 13.4 Å². The summed E-state index contributed by atoms with van der Waals surface area (Å²) in [5.41, 5.74) is 2.95. The van der Waals surface area contributed by atoms with Gasteiger partial charge in [0.2, 0.25) is 0 Å². The molecule has 0 unspecified atom stereocenters. The van der Waals surface area contributed by atoms with Gasteiger partial charge in [0.15, 0.2) is 0 Å². The molecule has 10 nitrogen and oxygen atoms in total. The fourth-order valence-electron chi connectivity index (χ4n) is 5.08. The second-order valence-electron chi connectivity index (χ2n) is 9.98. The molecule has 0 aliphatic carbocycles. The molecule has 3 aromatic rings. The van der Waals surface area contributed by atoms with Crippen molar-refractivity contribution in [1.82, 2.24) is 14.8 Å². The molecular weight excluding hydrogens is 516 g/mol. The average molecular weight is 551 g/mol. The summed E-state index contributed by atoms with van der Waals surface area (Å²) >= 11 is 0. The number of aromatic nitrogens is 1. The van der Waals surface area contributed by atoms with Crippen molar-refractivity contribution in [3.63, 3.8) is 0 Å². The van der Waals surface area contributed by atoms with Crippen molar-refractivity contribution in [2.24, 2.45) is 0 Å². The fraction of sp³-hybridized carbons (Fsp3) is 0.357. The number of sulfonamides is 1. The van der Waals surface area contributed by atoms with Gasteiger partial charge in [-0.3, -0.25) is 9.10 Å². The van der Waals surface area contributed by atoms with Crippen molar-refractivity contribution >= 4 is 44.5 Å². The fourth-order valence-corrected chi connectivity index (χ4v) is 6.49. The van der Waals surface area contributed by atoms with Gasteiger partial charge in [-0.1, -0.05) is 12.1 Å². The highest BCUT2D eigenvalue weighted by Gasteiger charge is 2.33. The van der Waals surface area contributed by atoms with Crippen LogP contribution >= 0.6 is 0 Å². The van der Waals surface area contributed by atoms with Gasteiger partial charge in [0.1, 0.15) is 16.5 Å². The number of carbonyl (C=O) groups excluding carboxylic acids is 1. The number of nitrogens with one attached hydrogen (secondary N) is 1. The van der Waals surface area contributed by atoms with Crippen LogP contribution < -0.4 is 19.3 Å². The number of para-hydroxylation sites is 1. The molecule has 1 amide bonds. The third kappa shape index (κ3) is 4.87. The summed E-state index contributed by atoms with van der Waals surface area (Å²) in [6.45, 7) is 3.75. The van der Waals surface area contributed by atoms with Gasteiger partial charge in [0, 0.05) is 44.9 Å². The van der Waals surface area contributed by atoms with Crippen LogP contribution in [0.15, 0.2) is 59.6 Å². The number of nitrogens with zero attached hydrogens (tertiary/aromatic N) is 5. The van der Waals surface area contributed by atoms with E-state index in [0.29, 0.717) is 59.1 Å². The zero-order chi connectivity index (χ0) is 27.9. The molecule has 2 aliphatic heterocycles. The molecule has 2 aliphatic rings. The van der Waals surface area contributed by atoms with Gasteiger partial charge in [-0.2, -0.15) is 0 Å². The number of hydrogen-bond donors (Lipinski definition) is 1. The highest BCUT2D eigenvalue weighted by atomic mass is 32.2. The molecule has 39 heavy (non-hydrogen) atoms. The van der Waals surface area contributed by atoms with Gasteiger partial charge in [-0.15, -0.1) is 0 Å². The van der Waals surface area contributed by atoms with Crippen LogP contribution in [0.1, 0.15) is 23.7 Å². The van der Waals surface area contributed by atoms with Crippen molar-refractivity contribution < 1.29 is 17.9 Å². The summed E-state index contributed by atoms with van der Waals surface area (Å²) in [6, 6.07) is 14.5. The Hall–Kier alpha value is -3.83. The van der Waals surface area contributed by atoms with Crippen LogP contribution in [0.25, 0.3) is 0 Å². The molecule has 206 valence electrons. The monoisotopic (exact) mass is 550 g/mol. The Morgan fingerprint density at radius 3 is 2.59 bits per heavy atom. The normalized spacial score (nSPS) is 18.0. The molecule has 3 heterocycles. The van der Waals surface area contributed by atoms with Gasteiger partial charge in [0.05, 0.1) is 35.6 Å². The maximum atomic E-state index is 13.3. The molecule has 1 saturated heterocycles. The molecule has 1 fully saturated rings. The van der Waals surface area contributed by atoms with Gasteiger partial charge >= 0.3 is 0 Å². The van der Waals surface area contributed by atoms with Crippen LogP contribution in [0.2, 0.25) is 0 Å². The number of likely N-dealkylation sites (N-methyl/N-ethyl adjacent to an activating group) is 1. The van der Waals surface area contributed by atoms with Crippen molar-refractivity contribution in [3.8, 4) is 5.75 Å². The van der Waals surface area contributed by atoms with E-state index in [1.807, 2.05) is 56.1 Å². The van der Waals surface area contributed by atoms with Gasteiger partial charge in [0.25, 0.3) is 15.9 Å². The Bertz CT molecular complexity index is 1510. The van der Waals surface area contributed by atoms with Crippen LogP contribution in [0.4, 0.5) is 28.6 Å². The molecule has 1 N–H and O–H groups in total. The van der Waals surface area contributed by atoms with Crippen LogP contribution in [0, 0.1) is 0 Å². The Balaban J connectivity index is 1.45. The lowest BCUT2D eigenvalue weighted by Gasteiger charge is -2.23. The first-order valence-electron chi connectivity index (χ1n) is 12.9. The molecule has 1 aromatic heterocycles. The molecule has 11 heteroatoms. The molecule has 0 radical (unpaired) electrons. The van der Waals surface area contributed by atoms with E-state index in [1.165, 1.54) is 11.4 Å². The van der Waals surface area contributed by atoms with E-state index in [-0.39, 0.29) is 10.8 Å². The van der Waals surface area contributed by atoms with E-state index in [1.54, 1.807) is 36.5 Å². The number of rotatable bonds is 6. The van der Waals surface area contributed by atoms with Crippen molar-refractivity contribution in [3.05, 3.63) is 60.3 Å². The van der Waals surface area contributed by atoms with Gasteiger partial charge < -0.3 is 24.8 Å². The predicted molar refractivity (Wildman–Crippen MR) is 153 cm³/mol. The number of benzene rings is 2. The molecular formula is C28H34N6O4S. The Morgan fingerprint density at radius 1 is 1.10 bits per heavy atom. The topological polar surface area (TPSA) is 98.3 Å². The second-order valence-corrected chi connectivity index (χ2v) is 11.9. The third-order valence-electron chi connectivity index (χ3n) is 7.40.